The molecule has 1 heterocycles. The van der Waals surface area contributed by atoms with Gasteiger partial charge in [0.1, 0.15) is 5.82 Å². The molecular weight excluding hydrogens is 168 g/mol. The van der Waals surface area contributed by atoms with Crippen molar-refractivity contribution < 1.29 is 0 Å². The molecule has 0 amide bonds. The molecule has 42 valence electrons. The van der Waals surface area contributed by atoms with Crippen LogP contribution in [0.1, 0.15) is 5.82 Å². The Morgan fingerprint density at radius 3 is 2.38 bits per heavy atom. The number of hydrogen-bond acceptors (Lipinski definition) is 2. The minimum absolute atomic E-state index is 0.730. The highest BCUT2D eigenvalue weighted by atomic mass is 79.9. The van der Waals surface area contributed by atoms with E-state index in [9.17, 15) is 0 Å². The maximum atomic E-state index is 3.94. The molecular formula is C5H5BrN2. The molecule has 0 aliphatic rings. The third-order valence-corrected chi connectivity index (χ3v) is 1.24. The molecule has 0 atom stereocenters. The van der Waals surface area contributed by atoms with Gasteiger partial charge >= 0.3 is 0 Å². The maximum absolute atomic E-state index is 3.94. The Morgan fingerprint density at radius 2 is 2.00 bits per heavy atom. The summed E-state index contributed by atoms with van der Waals surface area (Å²) in [6.07, 6.45) is 3.45. The predicted octanol–water partition coefficient (Wildman–Crippen LogP) is 1.37. The minimum atomic E-state index is 0.730. The van der Waals surface area contributed by atoms with E-state index < -0.39 is 0 Å². The molecule has 1 aromatic rings. The van der Waals surface area contributed by atoms with Crippen molar-refractivity contribution in [2.24, 2.45) is 0 Å². The van der Waals surface area contributed by atoms with Crippen molar-refractivity contribution in [2.75, 3.05) is 0 Å². The van der Waals surface area contributed by atoms with Crippen molar-refractivity contribution in [3.63, 3.8) is 0 Å². The van der Waals surface area contributed by atoms with Gasteiger partial charge in [0.2, 0.25) is 0 Å². The van der Waals surface area contributed by atoms with E-state index in [0.29, 0.717) is 0 Å². The quantitative estimate of drug-likeness (QED) is 0.599. The van der Waals surface area contributed by atoms with Gasteiger partial charge in [-0.2, -0.15) is 0 Å². The topological polar surface area (TPSA) is 25.8 Å². The largest absolute Gasteiger partial charge is 0.240 e. The Labute approximate surface area is 56.1 Å². The van der Waals surface area contributed by atoms with Crippen LogP contribution in [-0.2, 0) is 5.33 Å². The summed E-state index contributed by atoms with van der Waals surface area (Å²) in [5, 5.41) is 0.730. The molecule has 0 bridgehead atoms. The van der Waals surface area contributed by atoms with Gasteiger partial charge in [0.15, 0.2) is 0 Å². The lowest BCUT2D eigenvalue weighted by molar-refractivity contribution is 1.04. The smallest absolute Gasteiger partial charge is 0.138 e. The molecule has 2 nitrogen and oxygen atoms in total. The average molecular weight is 173 g/mol. The van der Waals surface area contributed by atoms with Crippen LogP contribution >= 0.6 is 15.9 Å². The molecule has 0 radical (unpaired) electrons. The van der Waals surface area contributed by atoms with Crippen molar-refractivity contribution in [3.05, 3.63) is 24.3 Å². The van der Waals surface area contributed by atoms with Crippen LogP contribution in [-0.4, -0.2) is 9.97 Å². The molecule has 3 heteroatoms. The Balaban J connectivity index is 2.83. The Morgan fingerprint density at radius 1 is 1.38 bits per heavy atom. The van der Waals surface area contributed by atoms with Gasteiger partial charge in [0.25, 0.3) is 0 Å². The van der Waals surface area contributed by atoms with Gasteiger partial charge in [-0.15, -0.1) is 0 Å². The molecule has 0 aromatic carbocycles. The molecule has 0 fully saturated rings. The van der Waals surface area contributed by atoms with E-state index in [1.165, 1.54) is 0 Å². The lowest BCUT2D eigenvalue weighted by Crippen LogP contribution is -1.85. The zero-order chi connectivity index (χ0) is 5.82. The van der Waals surface area contributed by atoms with Gasteiger partial charge in [0, 0.05) is 12.4 Å². The normalized spacial score (nSPS) is 9.12. The molecule has 0 N–H and O–H groups in total. The predicted molar refractivity (Wildman–Crippen MR) is 34.7 cm³/mol. The first-order valence-electron chi connectivity index (χ1n) is 2.25. The van der Waals surface area contributed by atoms with E-state index in [0.717, 1.165) is 11.2 Å². The summed E-state index contributed by atoms with van der Waals surface area (Å²) in [5.41, 5.74) is 0. The third kappa shape index (κ3) is 1.26. The Bertz CT molecular complexity index is 152. The number of rotatable bonds is 1. The molecule has 0 aliphatic carbocycles. The van der Waals surface area contributed by atoms with Gasteiger partial charge in [0.05, 0.1) is 5.33 Å². The zero-order valence-electron chi connectivity index (χ0n) is 4.21. The second-order valence-corrected chi connectivity index (χ2v) is 1.86. The van der Waals surface area contributed by atoms with Crippen LogP contribution in [0.3, 0.4) is 0 Å². The first-order chi connectivity index (χ1) is 3.93. The van der Waals surface area contributed by atoms with Crippen molar-refractivity contribution >= 4 is 15.9 Å². The van der Waals surface area contributed by atoms with Crippen LogP contribution in [0.15, 0.2) is 18.5 Å². The summed E-state index contributed by atoms with van der Waals surface area (Å²) < 4.78 is 0. The summed E-state index contributed by atoms with van der Waals surface area (Å²) in [6, 6.07) is 1.80. The molecule has 0 unspecified atom stereocenters. The molecule has 0 saturated heterocycles. The number of aromatic nitrogens is 2. The van der Waals surface area contributed by atoms with Gasteiger partial charge < -0.3 is 0 Å². The van der Waals surface area contributed by atoms with Gasteiger partial charge in [-0.3, -0.25) is 0 Å². The average Bonchev–Trinajstić information content (AvgIpc) is 1.90. The molecule has 0 spiro atoms. The third-order valence-electron chi connectivity index (χ3n) is 0.739. The van der Waals surface area contributed by atoms with E-state index in [1.807, 2.05) is 0 Å². The number of alkyl halides is 1. The summed E-state index contributed by atoms with van der Waals surface area (Å²) in [5.74, 6) is 0.826. The molecule has 0 saturated carbocycles. The maximum Gasteiger partial charge on any atom is 0.138 e. The Kier molecular flexibility index (Phi) is 1.97. The molecule has 8 heavy (non-hydrogen) atoms. The van der Waals surface area contributed by atoms with Crippen LogP contribution in [0.25, 0.3) is 0 Å². The fourth-order valence-corrected chi connectivity index (χ4v) is 0.689. The van der Waals surface area contributed by atoms with E-state index in [4.69, 9.17) is 0 Å². The van der Waals surface area contributed by atoms with Crippen LogP contribution in [0.2, 0.25) is 0 Å². The first kappa shape index (κ1) is 5.69. The fraction of sp³-hybridized carbons (Fsp3) is 0.200. The lowest BCUT2D eigenvalue weighted by Gasteiger charge is -1.86. The molecule has 1 aromatic heterocycles. The highest BCUT2D eigenvalue weighted by molar-refractivity contribution is 9.08. The van der Waals surface area contributed by atoms with Crippen molar-refractivity contribution in [1.29, 1.82) is 0 Å². The van der Waals surface area contributed by atoms with Gasteiger partial charge in [-0.1, -0.05) is 15.9 Å². The number of halogens is 1. The van der Waals surface area contributed by atoms with Crippen LogP contribution in [0, 0.1) is 0 Å². The summed E-state index contributed by atoms with van der Waals surface area (Å²) in [4.78, 5) is 7.88. The van der Waals surface area contributed by atoms with Gasteiger partial charge in [-0.05, 0) is 6.07 Å². The van der Waals surface area contributed by atoms with Crippen molar-refractivity contribution in [2.45, 2.75) is 5.33 Å². The highest BCUT2D eigenvalue weighted by Crippen LogP contribution is 1.93. The van der Waals surface area contributed by atoms with Crippen LogP contribution in [0.4, 0.5) is 0 Å². The summed E-state index contributed by atoms with van der Waals surface area (Å²) in [7, 11) is 0. The van der Waals surface area contributed by atoms with E-state index in [2.05, 4.69) is 25.9 Å². The van der Waals surface area contributed by atoms with Crippen molar-refractivity contribution in [1.82, 2.24) is 9.97 Å². The summed E-state index contributed by atoms with van der Waals surface area (Å²) in [6.45, 7) is 0. The van der Waals surface area contributed by atoms with Crippen molar-refractivity contribution in [3.8, 4) is 0 Å². The lowest BCUT2D eigenvalue weighted by atomic mass is 10.6. The Hall–Kier alpha value is -0.440. The molecule has 0 aliphatic heterocycles. The zero-order valence-corrected chi connectivity index (χ0v) is 5.80. The summed E-state index contributed by atoms with van der Waals surface area (Å²) >= 11 is 3.23. The highest BCUT2D eigenvalue weighted by Gasteiger charge is 1.84. The van der Waals surface area contributed by atoms with E-state index in [1.54, 1.807) is 18.5 Å². The number of nitrogens with zero attached hydrogens (tertiary/aromatic N) is 2. The second-order valence-electron chi connectivity index (χ2n) is 1.30. The fourth-order valence-electron chi connectivity index (χ4n) is 0.399. The standard InChI is InChI=1S/C5H5BrN2/c6-4-5-7-2-1-3-8-5/h1-3H,4H2. The minimum Gasteiger partial charge on any atom is -0.240 e. The van der Waals surface area contributed by atoms with E-state index >= 15 is 0 Å². The van der Waals surface area contributed by atoms with Crippen LogP contribution in [0.5, 0.6) is 0 Å². The van der Waals surface area contributed by atoms with E-state index in [-0.39, 0.29) is 0 Å². The molecule has 1 rings (SSSR count). The first-order valence-corrected chi connectivity index (χ1v) is 3.37. The monoisotopic (exact) mass is 172 g/mol. The van der Waals surface area contributed by atoms with Crippen LogP contribution < -0.4 is 0 Å². The van der Waals surface area contributed by atoms with Gasteiger partial charge in [-0.25, -0.2) is 9.97 Å². The number of hydrogen-bond donors (Lipinski definition) is 0. The SMILES string of the molecule is BrCc1ncccn1. The second kappa shape index (κ2) is 2.77.